The number of rotatable bonds is 5. The molecular formula is C15H21N3S. The fourth-order valence-corrected chi connectivity index (χ4v) is 3.93. The van der Waals surface area contributed by atoms with Gasteiger partial charge in [0.05, 0.1) is 6.20 Å². The van der Waals surface area contributed by atoms with Gasteiger partial charge in [0.1, 0.15) is 0 Å². The van der Waals surface area contributed by atoms with Gasteiger partial charge in [-0.15, -0.1) is 11.3 Å². The monoisotopic (exact) mass is 275 g/mol. The van der Waals surface area contributed by atoms with Crippen LogP contribution in [0.15, 0.2) is 23.7 Å². The molecule has 0 bridgehead atoms. The largest absolute Gasteiger partial charge is 0.305 e. The number of aromatic amines is 1. The Bertz CT molecular complexity index is 497. The SMILES string of the molecule is Cc1[nH]ncc1CN[C@H](c1cccs1)C1CCCC1. The molecular weight excluding hydrogens is 254 g/mol. The Morgan fingerprint density at radius 2 is 2.32 bits per heavy atom. The Kier molecular flexibility index (Phi) is 3.99. The molecule has 19 heavy (non-hydrogen) atoms. The van der Waals surface area contributed by atoms with Crippen LogP contribution in [0.2, 0.25) is 0 Å². The number of H-pyrrole nitrogens is 1. The molecule has 102 valence electrons. The van der Waals surface area contributed by atoms with Crippen LogP contribution in [0.4, 0.5) is 0 Å². The first-order valence-electron chi connectivity index (χ1n) is 7.10. The van der Waals surface area contributed by atoms with Crippen molar-refractivity contribution in [2.45, 2.75) is 45.2 Å². The predicted molar refractivity (Wildman–Crippen MR) is 79.2 cm³/mol. The fraction of sp³-hybridized carbons (Fsp3) is 0.533. The van der Waals surface area contributed by atoms with Crippen molar-refractivity contribution in [1.82, 2.24) is 15.5 Å². The third kappa shape index (κ3) is 2.90. The van der Waals surface area contributed by atoms with Crippen LogP contribution >= 0.6 is 11.3 Å². The minimum atomic E-state index is 0.511. The van der Waals surface area contributed by atoms with Crippen LogP contribution in [0.25, 0.3) is 0 Å². The number of aryl methyl sites for hydroxylation is 1. The zero-order valence-corrected chi connectivity index (χ0v) is 12.2. The summed E-state index contributed by atoms with van der Waals surface area (Å²) in [7, 11) is 0. The average Bonchev–Trinajstić information content (AvgIpc) is 3.13. The van der Waals surface area contributed by atoms with E-state index in [1.54, 1.807) is 0 Å². The molecule has 0 aliphatic heterocycles. The molecule has 1 aliphatic rings. The smallest absolute Gasteiger partial charge is 0.0535 e. The van der Waals surface area contributed by atoms with E-state index in [4.69, 9.17) is 0 Å². The molecule has 0 unspecified atom stereocenters. The zero-order chi connectivity index (χ0) is 13.1. The Labute approximate surface area is 118 Å². The van der Waals surface area contributed by atoms with Gasteiger partial charge in [-0.1, -0.05) is 18.9 Å². The minimum absolute atomic E-state index is 0.511. The summed E-state index contributed by atoms with van der Waals surface area (Å²) in [6.07, 6.45) is 7.43. The number of hydrogen-bond donors (Lipinski definition) is 2. The second-order valence-corrected chi connectivity index (χ2v) is 6.42. The molecule has 3 nitrogen and oxygen atoms in total. The topological polar surface area (TPSA) is 40.7 Å². The normalized spacial score (nSPS) is 17.9. The van der Waals surface area contributed by atoms with Crippen LogP contribution < -0.4 is 5.32 Å². The van der Waals surface area contributed by atoms with Gasteiger partial charge in [0.15, 0.2) is 0 Å². The fourth-order valence-electron chi connectivity index (χ4n) is 3.03. The minimum Gasteiger partial charge on any atom is -0.305 e. The molecule has 2 aromatic rings. The van der Waals surface area contributed by atoms with E-state index in [-0.39, 0.29) is 0 Å². The molecule has 2 N–H and O–H groups in total. The van der Waals surface area contributed by atoms with E-state index in [1.165, 1.54) is 41.8 Å². The van der Waals surface area contributed by atoms with Gasteiger partial charge >= 0.3 is 0 Å². The van der Waals surface area contributed by atoms with Gasteiger partial charge < -0.3 is 5.32 Å². The Morgan fingerprint density at radius 3 is 2.95 bits per heavy atom. The average molecular weight is 275 g/mol. The second kappa shape index (κ2) is 5.88. The van der Waals surface area contributed by atoms with Crippen LogP contribution in [0.3, 0.4) is 0 Å². The maximum absolute atomic E-state index is 4.10. The van der Waals surface area contributed by atoms with Gasteiger partial charge in [-0.25, -0.2) is 0 Å². The maximum atomic E-state index is 4.10. The lowest BCUT2D eigenvalue weighted by atomic mass is 9.96. The summed E-state index contributed by atoms with van der Waals surface area (Å²) < 4.78 is 0. The van der Waals surface area contributed by atoms with Crippen LogP contribution in [-0.4, -0.2) is 10.2 Å². The number of nitrogens with zero attached hydrogens (tertiary/aromatic N) is 1. The van der Waals surface area contributed by atoms with E-state index in [1.807, 2.05) is 17.5 Å². The quantitative estimate of drug-likeness (QED) is 0.871. The van der Waals surface area contributed by atoms with Crippen molar-refractivity contribution in [3.05, 3.63) is 39.8 Å². The van der Waals surface area contributed by atoms with Crippen molar-refractivity contribution in [1.29, 1.82) is 0 Å². The molecule has 2 aromatic heterocycles. The molecule has 1 saturated carbocycles. The summed E-state index contributed by atoms with van der Waals surface area (Å²) in [5, 5.41) is 13.0. The van der Waals surface area contributed by atoms with Crippen molar-refractivity contribution >= 4 is 11.3 Å². The summed E-state index contributed by atoms with van der Waals surface area (Å²) in [4.78, 5) is 1.48. The van der Waals surface area contributed by atoms with Crippen molar-refractivity contribution < 1.29 is 0 Å². The Morgan fingerprint density at radius 1 is 1.47 bits per heavy atom. The zero-order valence-electron chi connectivity index (χ0n) is 11.4. The molecule has 0 saturated heterocycles. The molecule has 1 atom stereocenters. The molecule has 0 aromatic carbocycles. The highest BCUT2D eigenvalue weighted by Gasteiger charge is 2.26. The molecule has 1 fully saturated rings. The van der Waals surface area contributed by atoms with Gasteiger partial charge in [0.25, 0.3) is 0 Å². The molecule has 0 radical (unpaired) electrons. The van der Waals surface area contributed by atoms with Gasteiger partial charge in [0.2, 0.25) is 0 Å². The van der Waals surface area contributed by atoms with Gasteiger partial charge in [0, 0.05) is 28.7 Å². The lowest BCUT2D eigenvalue weighted by Gasteiger charge is -2.23. The molecule has 3 rings (SSSR count). The van der Waals surface area contributed by atoms with Crippen LogP contribution in [-0.2, 0) is 6.54 Å². The summed E-state index contributed by atoms with van der Waals surface area (Å²) >= 11 is 1.87. The number of nitrogens with one attached hydrogen (secondary N) is 2. The number of thiophene rings is 1. The van der Waals surface area contributed by atoms with E-state index < -0.39 is 0 Å². The highest BCUT2D eigenvalue weighted by molar-refractivity contribution is 7.10. The van der Waals surface area contributed by atoms with E-state index in [0.29, 0.717) is 6.04 Å². The second-order valence-electron chi connectivity index (χ2n) is 5.44. The lowest BCUT2D eigenvalue weighted by molar-refractivity contribution is 0.370. The summed E-state index contributed by atoms with van der Waals surface area (Å²) in [5.41, 5.74) is 2.45. The third-order valence-corrected chi connectivity index (χ3v) is 5.12. The highest BCUT2D eigenvalue weighted by Crippen LogP contribution is 2.37. The highest BCUT2D eigenvalue weighted by atomic mass is 32.1. The van der Waals surface area contributed by atoms with Crippen LogP contribution in [0.1, 0.15) is 47.9 Å². The first kappa shape index (κ1) is 12.9. The predicted octanol–water partition coefficient (Wildman–Crippen LogP) is 3.80. The first-order chi connectivity index (χ1) is 9.34. The number of hydrogen-bond acceptors (Lipinski definition) is 3. The lowest BCUT2D eigenvalue weighted by Crippen LogP contribution is -2.26. The van der Waals surface area contributed by atoms with Gasteiger partial charge in [-0.05, 0) is 37.1 Å². The third-order valence-electron chi connectivity index (χ3n) is 4.17. The van der Waals surface area contributed by atoms with E-state index in [0.717, 1.165) is 12.5 Å². The molecule has 1 aliphatic carbocycles. The van der Waals surface area contributed by atoms with E-state index >= 15 is 0 Å². The first-order valence-corrected chi connectivity index (χ1v) is 7.98. The molecule has 2 heterocycles. The summed E-state index contributed by atoms with van der Waals surface area (Å²) in [5.74, 6) is 0.797. The van der Waals surface area contributed by atoms with Crippen LogP contribution in [0.5, 0.6) is 0 Å². The van der Waals surface area contributed by atoms with Gasteiger partial charge in [-0.2, -0.15) is 5.10 Å². The standard InChI is InChI=1S/C15H21N3S/c1-11-13(10-17-18-11)9-16-15(12-5-2-3-6-12)14-7-4-8-19-14/h4,7-8,10,12,15-16H,2-3,5-6,9H2,1H3,(H,17,18)/t15-/m0/s1. The molecule has 4 heteroatoms. The summed E-state index contributed by atoms with van der Waals surface area (Å²) in [6, 6.07) is 4.94. The van der Waals surface area contributed by atoms with Crippen LogP contribution in [0, 0.1) is 12.8 Å². The van der Waals surface area contributed by atoms with Crippen molar-refractivity contribution in [2.75, 3.05) is 0 Å². The van der Waals surface area contributed by atoms with Crippen molar-refractivity contribution in [2.24, 2.45) is 5.92 Å². The molecule has 0 spiro atoms. The Hall–Kier alpha value is -1.13. The molecule has 0 amide bonds. The maximum Gasteiger partial charge on any atom is 0.0535 e. The summed E-state index contributed by atoms with van der Waals surface area (Å²) in [6.45, 7) is 2.99. The van der Waals surface area contributed by atoms with Crippen molar-refractivity contribution in [3.63, 3.8) is 0 Å². The van der Waals surface area contributed by atoms with Crippen molar-refractivity contribution in [3.8, 4) is 0 Å². The Balaban J connectivity index is 1.71. The van der Waals surface area contributed by atoms with E-state index in [2.05, 4.69) is 40.0 Å². The van der Waals surface area contributed by atoms with E-state index in [9.17, 15) is 0 Å². The number of aromatic nitrogens is 2. The van der Waals surface area contributed by atoms with Gasteiger partial charge in [-0.3, -0.25) is 5.10 Å².